The van der Waals surface area contributed by atoms with Gasteiger partial charge in [-0.25, -0.2) is 4.90 Å². The van der Waals surface area contributed by atoms with Crippen molar-refractivity contribution in [3.05, 3.63) is 53.1 Å². The second-order valence-corrected chi connectivity index (χ2v) is 8.96. The number of nitrogens with zero attached hydrogens (tertiary/aromatic N) is 2. The van der Waals surface area contributed by atoms with Crippen molar-refractivity contribution >= 4 is 40.7 Å². The standard InChI is InChI=1S/C23H20ClN3O4/c1-31-14-8-9-16-15(11-14)23(22(30)25-16)19-18(17-3-2-10-26(17)23)20(28)27(21(19)29)13-6-4-12(24)5-7-13/h4-9,11,17-19H,2-3,10H2,1H3,(H,25,30)/t17-,18-,19-,23+/m0/s1. The molecule has 0 aliphatic carbocycles. The van der Waals surface area contributed by atoms with E-state index in [1.165, 1.54) is 4.90 Å². The van der Waals surface area contributed by atoms with E-state index in [9.17, 15) is 14.4 Å². The topological polar surface area (TPSA) is 79.0 Å². The number of carbonyl (C=O) groups excluding carboxylic acids is 3. The molecule has 31 heavy (non-hydrogen) atoms. The summed E-state index contributed by atoms with van der Waals surface area (Å²) in [6.45, 7) is 0.670. The van der Waals surface area contributed by atoms with Crippen LogP contribution in [0, 0.1) is 11.8 Å². The predicted octanol–water partition coefficient (Wildman–Crippen LogP) is 2.78. The number of rotatable bonds is 2. The molecule has 4 heterocycles. The van der Waals surface area contributed by atoms with Crippen LogP contribution in [0.5, 0.6) is 5.75 Å². The molecular weight excluding hydrogens is 418 g/mol. The van der Waals surface area contributed by atoms with Crippen LogP contribution in [0.2, 0.25) is 5.02 Å². The molecule has 158 valence electrons. The van der Waals surface area contributed by atoms with Gasteiger partial charge in [-0.3, -0.25) is 19.3 Å². The van der Waals surface area contributed by atoms with Gasteiger partial charge in [0.05, 0.1) is 24.6 Å². The predicted molar refractivity (Wildman–Crippen MR) is 114 cm³/mol. The summed E-state index contributed by atoms with van der Waals surface area (Å²) in [5.74, 6) is -1.55. The van der Waals surface area contributed by atoms with Crippen LogP contribution in [0.4, 0.5) is 11.4 Å². The molecule has 4 aliphatic rings. The van der Waals surface area contributed by atoms with Crippen LogP contribution in [0.3, 0.4) is 0 Å². The zero-order valence-corrected chi connectivity index (χ0v) is 17.6. The third kappa shape index (κ3) is 2.20. The molecule has 8 heteroatoms. The zero-order chi connectivity index (χ0) is 21.5. The number of hydrogen-bond acceptors (Lipinski definition) is 5. The molecule has 0 bridgehead atoms. The van der Waals surface area contributed by atoms with E-state index >= 15 is 0 Å². The Hall–Kier alpha value is -2.90. The first-order valence-electron chi connectivity index (χ1n) is 10.4. The fourth-order valence-corrected chi connectivity index (χ4v) is 6.28. The van der Waals surface area contributed by atoms with Gasteiger partial charge in [-0.1, -0.05) is 11.6 Å². The Bertz CT molecular complexity index is 1150. The van der Waals surface area contributed by atoms with E-state index in [4.69, 9.17) is 16.3 Å². The summed E-state index contributed by atoms with van der Waals surface area (Å²) in [7, 11) is 1.57. The van der Waals surface area contributed by atoms with Gasteiger partial charge in [-0.05, 0) is 61.9 Å². The van der Waals surface area contributed by atoms with Crippen LogP contribution in [-0.2, 0) is 19.9 Å². The highest BCUT2D eigenvalue weighted by atomic mass is 35.5. The molecular formula is C23H20ClN3O4. The van der Waals surface area contributed by atoms with Gasteiger partial charge in [-0.2, -0.15) is 0 Å². The lowest BCUT2D eigenvalue weighted by molar-refractivity contribution is -0.135. The van der Waals surface area contributed by atoms with Crippen LogP contribution in [-0.4, -0.2) is 42.3 Å². The first kappa shape index (κ1) is 18.8. The lowest BCUT2D eigenvalue weighted by atomic mass is 9.75. The summed E-state index contributed by atoms with van der Waals surface area (Å²) >= 11 is 6.00. The van der Waals surface area contributed by atoms with Crippen molar-refractivity contribution in [1.29, 1.82) is 0 Å². The number of imide groups is 1. The van der Waals surface area contributed by atoms with Crippen LogP contribution in [0.15, 0.2) is 42.5 Å². The van der Waals surface area contributed by atoms with Crippen LogP contribution < -0.4 is 15.0 Å². The molecule has 3 saturated heterocycles. The number of ether oxygens (including phenoxy) is 1. The summed E-state index contributed by atoms with van der Waals surface area (Å²) in [6, 6.07) is 11.9. The first-order valence-corrected chi connectivity index (χ1v) is 10.8. The smallest absolute Gasteiger partial charge is 0.250 e. The highest BCUT2D eigenvalue weighted by molar-refractivity contribution is 6.31. The molecule has 6 rings (SSSR count). The monoisotopic (exact) mass is 437 g/mol. The second kappa shape index (κ2) is 6.31. The molecule has 0 unspecified atom stereocenters. The van der Waals surface area contributed by atoms with E-state index in [0.29, 0.717) is 28.7 Å². The third-order valence-electron chi connectivity index (χ3n) is 7.28. The highest BCUT2D eigenvalue weighted by Gasteiger charge is 2.74. The maximum absolute atomic E-state index is 13.8. The lowest BCUT2D eigenvalue weighted by Crippen LogP contribution is -2.54. The van der Waals surface area contributed by atoms with Crippen molar-refractivity contribution in [2.75, 3.05) is 23.9 Å². The molecule has 2 aromatic rings. The minimum absolute atomic E-state index is 0.151. The number of fused-ring (bicyclic) bond motifs is 7. The Labute approximate surface area is 183 Å². The Kier molecular flexibility index (Phi) is 3.83. The quantitative estimate of drug-likeness (QED) is 0.731. The minimum atomic E-state index is -1.20. The molecule has 0 radical (unpaired) electrons. The molecule has 4 atom stereocenters. The van der Waals surface area contributed by atoms with Gasteiger partial charge in [0.1, 0.15) is 11.3 Å². The van der Waals surface area contributed by atoms with E-state index in [-0.39, 0.29) is 23.8 Å². The SMILES string of the molecule is COc1ccc2c(c1)[C@]1(C(=O)N2)[C@@H]2C(=O)N(c3ccc(Cl)cc3)C(=O)[C@H]2[C@@H]2CCCN21. The van der Waals surface area contributed by atoms with E-state index in [0.717, 1.165) is 18.4 Å². The molecule has 3 amide bonds. The summed E-state index contributed by atoms with van der Waals surface area (Å²) in [5, 5.41) is 3.49. The van der Waals surface area contributed by atoms with Crippen LogP contribution >= 0.6 is 11.6 Å². The number of amides is 3. The highest BCUT2D eigenvalue weighted by Crippen LogP contribution is 2.61. The number of halogens is 1. The van der Waals surface area contributed by atoms with Crippen molar-refractivity contribution in [2.45, 2.75) is 24.4 Å². The van der Waals surface area contributed by atoms with Gasteiger partial charge >= 0.3 is 0 Å². The lowest BCUT2D eigenvalue weighted by Gasteiger charge is -2.36. The molecule has 1 N–H and O–H groups in total. The van der Waals surface area contributed by atoms with Gasteiger partial charge in [0, 0.05) is 22.3 Å². The molecule has 7 nitrogen and oxygen atoms in total. The zero-order valence-electron chi connectivity index (χ0n) is 16.8. The number of methoxy groups -OCH3 is 1. The number of anilines is 2. The summed E-state index contributed by atoms with van der Waals surface area (Å²) in [4.78, 5) is 44.3. The summed E-state index contributed by atoms with van der Waals surface area (Å²) in [6.07, 6.45) is 1.66. The van der Waals surface area contributed by atoms with Gasteiger partial charge in [0.2, 0.25) is 17.7 Å². The van der Waals surface area contributed by atoms with Crippen molar-refractivity contribution in [2.24, 2.45) is 11.8 Å². The van der Waals surface area contributed by atoms with Crippen molar-refractivity contribution < 1.29 is 19.1 Å². The van der Waals surface area contributed by atoms with E-state index in [1.807, 2.05) is 6.07 Å². The number of carbonyl (C=O) groups is 3. The summed E-state index contributed by atoms with van der Waals surface area (Å²) in [5.41, 5.74) is 0.666. The minimum Gasteiger partial charge on any atom is -0.497 e. The fourth-order valence-electron chi connectivity index (χ4n) is 6.15. The maximum Gasteiger partial charge on any atom is 0.250 e. The van der Waals surface area contributed by atoms with Crippen LogP contribution in [0.25, 0.3) is 0 Å². The summed E-state index contributed by atoms with van der Waals surface area (Å²) < 4.78 is 5.42. The first-order chi connectivity index (χ1) is 15.0. The number of hydrogen-bond donors (Lipinski definition) is 1. The molecule has 1 spiro atoms. The Morgan fingerprint density at radius 2 is 1.87 bits per heavy atom. The number of nitrogens with one attached hydrogen (secondary N) is 1. The van der Waals surface area contributed by atoms with Gasteiger partial charge in [0.15, 0.2) is 0 Å². The maximum atomic E-state index is 13.8. The second-order valence-electron chi connectivity index (χ2n) is 8.53. The van der Waals surface area contributed by atoms with Crippen LogP contribution in [0.1, 0.15) is 18.4 Å². The van der Waals surface area contributed by atoms with Gasteiger partial charge in [0.25, 0.3) is 0 Å². The van der Waals surface area contributed by atoms with E-state index < -0.39 is 17.4 Å². The Morgan fingerprint density at radius 1 is 1.10 bits per heavy atom. The van der Waals surface area contributed by atoms with Crippen molar-refractivity contribution in [3.8, 4) is 5.75 Å². The number of benzene rings is 2. The van der Waals surface area contributed by atoms with E-state index in [2.05, 4.69) is 10.2 Å². The largest absolute Gasteiger partial charge is 0.497 e. The van der Waals surface area contributed by atoms with Crippen molar-refractivity contribution in [3.63, 3.8) is 0 Å². The average Bonchev–Trinajstić information content (AvgIpc) is 3.47. The molecule has 0 aromatic heterocycles. The fraction of sp³-hybridized carbons (Fsp3) is 0.348. The van der Waals surface area contributed by atoms with E-state index in [1.54, 1.807) is 43.5 Å². The van der Waals surface area contributed by atoms with Gasteiger partial charge in [-0.15, -0.1) is 0 Å². The third-order valence-corrected chi connectivity index (χ3v) is 7.54. The Balaban J connectivity index is 1.55. The molecule has 0 saturated carbocycles. The molecule has 4 aliphatic heterocycles. The van der Waals surface area contributed by atoms with Gasteiger partial charge < -0.3 is 10.1 Å². The Morgan fingerprint density at radius 3 is 2.61 bits per heavy atom. The molecule has 3 fully saturated rings. The normalized spacial score (nSPS) is 31.2. The van der Waals surface area contributed by atoms with Crippen molar-refractivity contribution in [1.82, 2.24) is 4.90 Å². The average molecular weight is 438 g/mol. The molecule has 2 aromatic carbocycles.